The van der Waals surface area contributed by atoms with E-state index >= 15 is 0 Å². The van der Waals surface area contributed by atoms with Gasteiger partial charge in [0.1, 0.15) is 11.5 Å². The third-order valence-corrected chi connectivity index (χ3v) is 7.34. The fourth-order valence-corrected chi connectivity index (χ4v) is 5.05. The van der Waals surface area contributed by atoms with Crippen LogP contribution in [0.4, 0.5) is 10.8 Å². The molecule has 8 nitrogen and oxygen atoms in total. The molecule has 0 atom stereocenters. The predicted molar refractivity (Wildman–Crippen MR) is 137 cm³/mol. The summed E-state index contributed by atoms with van der Waals surface area (Å²) in [6.07, 6.45) is 0. The maximum atomic E-state index is 12.7. The Kier molecular flexibility index (Phi) is 7.25. The van der Waals surface area contributed by atoms with Gasteiger partial charge in [-0.25, -0.2) is 13.4 Å². The highest BCUT2D eigenvalue weighted by molar-refractivity contribution is 7.92. The van der Waals surface area contributed by atoms with E-state index in [-0.39, 0.29) is 10.8 Å². The molecule has 0 aliphatic rings. The molecule has 1 aromatic heterocycles. The topological polar surface area (TPSA) is 107 Å². The summed E-state index contributed by atoms with van der Waals surface area (Å²) >= 11 is 7.09. The Hall–Kier alpha value is -3.60. The molecule has 3 aromatic carbocycles. The van der Waals surface area contributed by atoms with E-state index in [0.717, 1.165) is 5.56 Å². The van der Waals surface area contributed by atoms with Crippen LogP contribution in [0, 0.1) is 0 Å². The van der Waals surface area contributed by atoms with E-state index in [9.17, 15) is 13.2 Å². The third-order valence-electron chi connectivity index (χ3n) is 4.93. The number of benzene rings is 3. The normalized spacial score (nSPS) is 11.1. The molecule has 11 heteroatoms. The third kappa shape index (κ3) is 5.73. The number of sulfonamides is 1. The van der Waals surface area contributed by atoms with Crippen LogP contribution in [0.1, 0.15) is 10.4 Å². The van der Waals surface area contributed by atoms with Gasteiger partial charge in [0.25, 0.3) is 15.9 Å². The van der Waals surface area contributed by atoms with Crippen molar-refractivity contribution in [2.75, 3.05) is 24.3 Å². The summed E-state index contributed by atoms with van der Waals surface area (Å²) in [6.45, 7) is 0. The second-order valence-electron chi connectivity index (χ2n) is 7.20. The highest BCUT2D eigenvalue weighted by atomic mass is 35.5. The quantitative estimate of drug-likeness (QED) is 0.310. The molecule has 1 heterocycles. The van der Waals surface area contributed by atoms with Crippen molar-refractivity contribution in [1.82, 2.24) is 4.98 Å². The molecule has 0 bridgehead atoms. The molecule has 0 saturated carbocycles. The standard InChI is InChI=1S/C24H20ClN3O5S2/c1-32-18-9-12-22(33-2)20(13-18)21-14-34-24(26-21)27-23(29)15-3-7-17(8-4-15)28-35(30,31)19-10-5-16(25)6-11-19/h3-14,28H,1-2H3,(H,26,27,29). The molecule has 0 unspecified atom stereocenters. The van der Waals surface area contributed by atoms with Crippen molar-refractivity contribution in [2.45, 2.75) is 4.90 Å². The van der Waals surface area contributed by atoms with E-state index < -0.39 is 10.0 Å². The number of carbonyl (C=O) groups excluding carboxylic acids is 1. The zero-order valence-corrected chi connectivity index (χ0v) is 21.0. The molecular formula is C24H20ClN3O5S2. The molecule has 0 radical (unpaired) electrons. The fourth-order valence-electron chi connectivity index (χ4n) is 3.16. The van der Waals surface area contributed by atoms with Crippen molar-refractivity contribution >= 4 is 49.7 Å². The first-order valence-corrected chi connectivity index (χ1v) is 12.9. The van der Waals surface area contributed by atoms with Crippen LogP contribution >= 0.6 is 22.9 Å². The molecule has 180 valence electrons. The summed E-state index contributed by atoms with van der Waals surface area (Å²) in [5, 5.41) is 5.41. The lowest BCUT2D eigenvalue weighted by molar-refractivity contribution is 0.102. The summed E-state index contributed by atoms with van der Waals surface area (Å²) in [5.74, 6) is 0.910. The Bertz CT molecular complexity index is 1450. The van der Waals surface area contributed by atoms with E-state index in [1.54, 1.807) is 26.4 Å². The molecule has 2 N–H and O–H groups in total. The van der Waals surface area contributed by atoms with Crippen LogP contribution in [0.3, 0.4) is 0 Å². The number of amides is 1. The number of rotatable bonds is 8. The minimum Gasteiger partial charge on any atom is -0.497 e. The summed E-state index contributed by atoms with van der Waals surface area (Å²) in [5.41, 5.74) is 2.03. The number of hydrogen-bond acceptors (Lipinski definition) is 7. The Morgan fingerprint density at radius 2 is 1.69 bits per heavy atom. The van der Waals surface area contributed by atoms with Gasteiger partial charge >= 0.3 is 0 Å². The van der Waals surface area contributed by atoms with Crippen molar-refractivity contribution in [3.8, 4) is 22.8 Å². The van der Waals surface area contributed by atoms with Crippen molar-refractivity contribution < 1.29 is 22.7 Å². The molecule has 4 aromatic rings. The van der Waals surface area contributed by atoms with Gasteiger partial charge in [0.05, 0.1) is 24.8 Å². The first-order valence-electron chi connectivity index (χ1n) is 10.2. The lowest BCUT2D eigenvalue weighted by atomic mass is 10.1. The minimum absolute atomic E-state index is 0.0796. The van der Waals surface area contributed by atoms with Gasteiger partial charge in [-0.2, -0.15) is 0 Å². The number of ether oxygens (including phenoxy) is 2. The fraction of sp³-hybridized carbons (Fsp3) is 0.0833. The Labute approximate surface area is 211 Å². The largest absolute Gasteiger partial charge is 0.497 e. The number of carbonyl (C=O) groups is 1. The van der Waals surface area contributed by atoms with Crippen molar-refractivity contribution in [1.29, 1.82) is 0 Å². The zero-order valence-electron chi connectivity index (χ0n) is 18.6. The average Bonchev–Trinajstić information content (AvgIpc) is 3.32. The highest BCUT2D eigenvalue weighted by Crippen LogP contribution is 2.35. The van der Waals surface area contributed by atoms with Crippen molar-refractivity contribution in [2.24, 2.45) is 0 Å². The number of methoxy groups -OCH3 is 2. The van der Waals surface area contributed by atoms with Crippen LogP contribution in [0.5, 0.6) is 11.5 Å². The van der Waals surface area contributed by atoms with Gasteiger partial charge < -0.3 is 9.47 Å². The number of aromatic nitrogens is 1. The van der Waals surface area contributed by atoms with Gasteiger partial charge in [0.15, 0.2) is 5.13 Å². The summed E-state index contributed by atoms with van der Waals surface area (Å²) in [7, 11) is -0.638. The lowest BCUT2D eigenvalue weighted by Crippen LogP contribution is -2.14. The van der Waals surface area contributed by atoms with E-state index in [1.807, 2.05) is 11.4 Å². The molecule has 4 rings (SSSR count). The number of halogens is 1. The first-order chi connectivity index (χ1) is 16.8. The van der Waals surface area contributed by atoms with Crippen LogP contribution in [-0.4, -0.2) is 33.5 Å². The highest BCUT2D eigenvalue weighted by Gasteiger charge is 2.16. The monoisotopic (exact) mass is 529 g/mol. The van der Waals surface area contributed by atoms with Crippen LogP contribution in [0.25, 0.3) is 11.3 Å². The summed E-state index contributed by atoms with van der Waals surface area (Å²) in [6, 6.07) is 17.3. The van der Waals surface area contributed by atoms with Gasteiger partial charge in [-0.05, 0) is 66.7 Å². The minimum atomic E-state index is -3.78. The van der Waals surface area contributed by atoms with E-state index in [2.05, 4.69) is 15.0 Å². The lowest BCUT2D eigenvalue weighted by Gasteiger charge is -2.09. The number of nitrogens with one attached hydrogen (secondary N) is 2. The smallest absolute Gasteiger partial charge is 0.261 e. The molecule has 0 fully saturated rings. The van der Waals surface area contributed by atoms with Crippen LogP contribution < -0.4 is 19.5 Å². The van der Waals surface area contributed by atoms with E-state index in [0.29, 0.717) is 38.6 Å². The molecule has 0 aliphatic carbocycles. The SMILES string of the molecule is COc1ccc(OC)c(-c2csc(NC(=O)c3ccc(NS(=O)(=O)c4ccc(Cl)cc4)cc3)n2)c1. The molecular weight excluding hydrogens is 510 g/mol. The van der Waals surface area contributed by atoms with Gasteiger partial charge in [-0.15, -0.1) is 11.3 Å². The molecule has 35 heavy (non-hydrogen) atoms. The predicted octanol–water partition coefficient (Wildman–Crippen LogP) is 5.53. The second kappa shape index (κ2) is 10.3. The van der Waals surface area contributed by atoms with Gasteiger partial charge in [0, 0.05) is 27.2 Å². The van der Waals surface area contributed by atoms with E-state index in [4.69, 9.17) is 21.1 Å². The zero-order chi connectivity index (χ0) is 25.0. The summed E-state index contributed by atoms with van der Waals surface area (Å²) in [4.78, 5) is 17.3. The molecule has 1 amide bonds. The van der Waals surface area contributed by atoms with Crippen LogP contribution in [0.15, 0.2) is 77.0 Å². The van der Waals surface area contributed by atoms with Gasteiger partial charge in [-0.3, -0.25) is 14.8 Å². The van der Waals surface area contributed by atoms with Crippen LogP contribution in [-0.2, 0) is 10.0 Å². The van der Waals surface area contributed by atoms with Crippen molar-refractivity contribution in [3.05, 3.63) is 82.7 Å². The Balaban J connectivity index is 1.45. The van der Waals surface area contributed by atoms with Gasteiger partial charge in [-0.1, -0.05) is 11.6 Å². The first kappa shape index (κ1) is 24.5. The maximum absolute atomic E-state index is 12.7. The number of hydrogen-bond donors (Lipinski definition) is 2. The molecule has 0 spiro atoms. The second-order valence-corrected chi connectivity index (χ2v) is 10.2. The van der Waals surface area contributed by atoms with Crippen molar-refractivity contribution in [3.63, 3.8) is 0 Å². The Morgan fingerprint density at radius 1 is 0.971 bits per heavy atom. The molecule has 0 aliphatic heterocycles. The molecule has 0 saturated heterocycles. The maximum Gasteiger partial charge on any atom is 0.261 e. The average molecular weight is 530 g/mol. The van der Waals surface area contributed by atoms with E-state index in [1.165, 1.54) is 59.9 Å². The Morgan fingerprint density at radius 3 is 2.34 bits per heavy atom. The van der Waals surface area contributed by atoms with Gasteiger partial charge in [0.2, 0.25) is 0 Å². The number of anilines is 2. The number of nitrogens with zero attached hydrogens (tertiary/aromatic N) is 1. The summed E-state index contributed by atoms with van der Waals surface area (Å²) < 4.78 is 38.2. The number of thiazole rings is 1. The van der Waals surface area contributed by atoms with Crippen LogP contribution in [0.2, 0.25) is 5.02 Å².